The molecular formula is C19H19NO5S2. The number of hydrogen-bond donors (Lipinski definition) is 1. The average molecular weight is 405 g/mol. The molecule has 1 aromatic carbocycles. The van der Waals surface area contributed by atoms with Crippen LogP contribution in [0.1, 0.15) is 11.3 Å². The highest BCUT2D eigenvalue weighted by molar-refractivity contribution is 7.91. The summed E-state index contributed by atoms with van der Waals surface area (Å²) in [6, 6.07) is 13.4. The predicted octanol–water partition coefficient (Wildman–Crippen LogP) is 2.27. The summed E-state index contributed by atoms with van der Waals surface area (Å²) in [5.41, 5.74) is 1.11. The molecule has 0 bridgehead atoms. The molecule has 0 unspecified atom stereocenters. The number of rotatable bonds is 6. The van der Waals surface area contributed by atoms with Gasteiger partial charge in [-0.2, -0.15) is 0 Å². The number of sulfone groups is 1. The first-order valence-corrected chi connectivity index (χ1v) is 11.0. The maximum Gasteiger partial charge on any atom is 0.331 e. The zero-order chi connectivity index (χ0) is 19.3. The number of benzene rings is 1. The van der Waals surface area contributed by atoms with Crippen LogP contribution in [0.2, 0.25) is 0 Å². The molecule has 0 radical (unpaired) electrons. The lowest BCUT2D eigenvalue weighted by Gasteiger charge is -2.10. The summed E-state index contributed by atoms with van der Waals surface area (Å²) in [5.74, 6) is -1.11. The molecule has 1 aliphatic heterocycles. The summed E-state index contributed by atoms with van der Waals surface area (Å²) in [5, 5.41) is 2.57. The van der Waals surface area contributed by atoms with Gasteiger partial charge in [-0.3, -0.25) is 4.79 Å². The SMILES string of the molecule is O=C(COC(=O)/C=C/c1ccc(-c2ccccc2)s1)N[C@@H]1CCS(=O)(=O)C1. The van der Waals surface area contributed by atoms with Crippen molar-refractivity contribution in [3.63, 3.8) is 0 Å². The minimum atomic E-state index is -3.06. The molecule has 142 valence electrons. The highest BCUT2D eigenvalue weighted by atomic mass is 32.2. The molecule has 2 heterocycles. The van der Waals surface area contributed by atoms with Crippen molar-refractivity contribution in [2.45, 2.75) is 12.5 Å². The molecule has 6 nitrogen and oxygen atoms in total. The second-order valence-electron chi connectivity index (χ2n) is 6.18. The number of carbonyl (C=O) groups is 2. The number of amides is 1. The monoisotopic (exact) mass is 405 g/mol. The van der Waals surface area contributed by atoms with Crippen LogP contribution < -0.4 is 5.32 Å². The van der Waals surface area contributed by atoms with Gasteiger partial charge in [0.05, 0.1) is 11.5 Å². The van der Waals surface area contributed by atoms with E-state index in [4.69, 9.17) is 4.74 Å². The van der Waals surface area contributed by atoms with Crippen molar-refractivity contribution in [1.82, 2.24) is 5.32 Å². The summed E-state index contributed by atoms with van der Waals surface area (Å²) in [7, 11) is -3.06. The third-order valence-corrected chi connectivity index (χ3v) is 6.88. The van der Waals surface area contributed by atoms with E-state index in [0.717, 1.165) is 15.3 Å². The van der Waals surface area contributed by atoms with Crippen LogP contribution in [0.3, 0.4) is 0 Å². The Bertz CT molecular complexity index is 947. The van der Waals surface area contributed by atoms with Gasteiger partial charge >= 0.3 is 5.97 Å². The minimum absolute atomic E-state index is 0.0608. The van der Waals surface area contributed by atoms with Gasteiger partial charge in [0.25, 0.3) is 5.91 Å². The maximum absolute atomic E-state index is 11.8. The Balaban J connectivity index is 1.45. The lowest BCUT2D eigenvalue weighted by Crippen LogP contribution is -2.38. The summed E-state index contributed by atoms with van der Waals surface area (Å²) in [6.07, 6.45) is 3.30. The Hall–Kier alpha value is -2.45. The summed E-state index contributed by atoms with van der Waals surface area (Å²) in [4.78, 5) is 25.5. The Kier molecular flexibility index (Phi) is 6.08. The number of nitrogens with one attached hydrogen (secondary N) is 1. The van der Waals surface area contributed by atoms with Crippen LogP contribution in [0, 0.1) is 0 Å². The predicted molar refractivity (Wildman–Crippen MR) is 105 cm³/mol. The molecule has 1 amide bonds. The van der Waals surface area contributed by atoms with Crippen LogP contribution in [0.25, 0.3) is 16.5 Å². The molecule has 0 spiro atoms. The van der Waals surface area contributed by atoms with Gasteiger partial charge in [0.1, 0.15) is 0 Å². The number of thiophene rings is 1. The summed E-state index contributed by atoms with van der Waals surface area (Å²) >= 11 is 1.54. The van der Waals surface area contributed by atoms with Gasteiger partial charge in [0.15, 0.2) is 16.4 Å². The summed E-state index contributed by atoms with van der Waals surface area (Å²) < 4.78 is 27.6. The van der Waals surface area contributed by atoms with Crippen molar-refractivity contribution < 1.29 is 22.7 Å². The van der Waals surface area contributed by atoms with Crippen LogP contribution in [0.5, 0.6) is 0 Å². The lowest BCUT2D eigenvalue weighted by atomic mass is 10.2. The molecule has 1 saturated heterocycles. The fourth-order valence-electron chi connectivity index (χ4n) is 2.71. The minimum Gasteiger partial charge on any atom is -0.452 e. The van der Waals surface area contributed by atoms with E-state index in [0.29, 0.717) is 6.42 Å². The summed E-state index contributed by atoms with van der Waals surface area (Å²) in [6.45, 7) is -0.431. The van der Waals surface area contributed by atoms with E-state index in [1.54, 1.807) is 17.4 Å². The average Bonchev–Trinajstić information content (AvgIpc) is 3.25. The standard InChI is InChI=1S/C19H19NO5S2/c21-18(20-15-10-11-27(23,24)13-15)12-25-19(22)9-7-16-6-8-17(26-16)14-4-2-1-3-5-14/h1-9,15H,10-13H2,(H,20,21)/b9-7+/t15-/m1/s1. The van der Waals surface area contributed by atoms with Gasteiger partial charge in [0.2, 0.25) is 0 Å². The molecule has 1 aliphatic rings. The van der Waals surface area contributed by atoms with Crippen molar-refractivity contribution in [2.75, 3.05) is 18.1 Å². The molecule has 8 heteroatoms. The van der Waals surface area contributed by atoms with Crippen LogP contribution in [-0.4, -0.2) is 44.4 Å². The third-order valence-electron chi connectivity index (χ3n) is 4.01. The van der Waals surface area contributed by atoms with E-state index in [2.05, 4.69) is 5.32 Å². The van der Waals surface area contributed by atoms with Crippen molar-refractivity contribution in [3.05, 3.63) is 53.4 Å². The first-order chi connectivity index (χ1) is 12.9. The van der Waals surface area contributed by atoms with Crippen LogP contribution in [0.15, 0.2) is 48.5 Å². The van der Waals surface area contributed by atoms with Gasteiger partial charge in [-0.1, -0.05) is 30.3 Å². The van der Waals surface area contributed by atoms with Gasteiger partial charge in [-0.15, -0.1) is 11.3 Å². The van der Waals surface area contributed by atoms with Gasteiger partial charge < -0.3 is 10.1 Å². The van der Waals surface area contributed by atoms with E-state index in [1.807, 2.05) is 42.5 Å². The first kappa shape index (κ1) is 19.3. The molecule has 1 aromatic heterocycles. The maximum atomic E-state index is 11.8. The Morgan fingerprint density at radius 3 is 2.67 bits per heavy atom. The van der Waals surface area contributed by atoms with Crippen molar-refractivity contribution >= 4 is 39.1 Å². The Morgan fingerprint density at radius 1 is 1.19 bits per heavy atom. The van der Waals surface area contributed by atoms with Gasteiger partial charge in [-0.25, -0.2) is 13.2 Å². The van der Waals surface area contributed by atoms with E-state index in [9.17, 15) is 18.0 Å². The zero-order valence-electron chi connectivity index (χ0n) is 14.5. The van der Waals surface area contributed by atoms with Crippen LogP contribution >= 0.6 is 11.3 Å². The first-order valence-electron chi connectivity index (χ1n) is 8.41. The van der Waals surface area contributed by atoms with E-state index in [1.165, 1.54) is 6.08 Å². The number of hydrogen-bond acceptors (Lipinski definition) is 6. The highest BCUT2D eigenvalue weighted by Gasteiger charge is 2.28. The van der Waals surface area contributed by atoms with Crippen molar-refractivity contribution in [3.8, 4) is 10.4 Å². The second kappa shape index (κ2) is 8.49. The van der Waals surface area contributed by atoms with Crippen LogP contribution in [0.4, 0.5) is 0 Å². The van der Waals surface area contributed by atoms with Gasteiger partial charge in [0, 0.05) is 21.9 Å². The molecule has 27 heavy (non-hydrogen) atoms. The van der Waals surface area contributed by atoms with E-state index < -0.39 is 34.4 Å². The fourth-order valence-corrected chi connectivity index (χ4v) is 5.30. The normalized spacial score (nSPS) is 18.4. The Labute approximate surface area is 161 Å². The number of carbonyl (C=O) groups excluding carboxylic acids is 2. The van der Waals surface area contributed by atoms with Crippen molar-refractivity contribution in [2.24, 2.45) is 0 Å². The quantitative estimate of drug-likeness (QED) is 0.588. The van der Waals surface area contributed by atoms with E-state index >= 15 is 0 Å². The van der Waals surface area contributed by atoms with E-state index in [-0.39, 0.29) is 11.5 Å². The topological polar surface area (TPSA) is 89.5 Å². The molecule has 0 aliphatic carbocycles. The third kappa shape index (κ3) is 5.77. The fraction of sp³-hybridized carbons (Fsp3) is 0.263. The van der Waals surface area contributed by atoms with Crippen molar-refractivity contribution in [1.29, 1.82) is 0 Å². The molecule has 1 atom stereocenters. The largest absolute Gasteiger partial charge is 0.452 e. The zero-order valence-corrected chi connectivity index (χ0v) is 16.1. The number of esters is 1. The smallest absolute Gasteiger partial charge is 0.331 e. The molecule has 1 fully saturated rings. The van der Waals surface area contributed by atoms with Gasteiger partial charge in [-0.05, 0) is 30.2 Å². The second-order valence-corrected chi connectivity index (χ2v) is 9.52. The number of ether oxygens (including phenoxy) is 1. The van der Waals surface area contributed by atoms with Crippen LogP contribution in [-0.2, 0) is 24.2 Å². The molecule has 2 aromatic rings. The molecule has 3 rings (SSSR count). The highest BCUT2D eigenvalue weighted by Crippen LogP contribution is 2.28. The molecule has 0 saturated carbocycles. The lowest BCUT2D eigenvalue weighted by molar-refractivity contribution is -0.143. The molecule has 1 N–H and O–H groups in total. The Morgan fingerprint density at radius 2 is 1.96 bits per heavy atom. The molecular weight excluding hydrogens is 386 g/mol.